The summed E-state index contributed by atoms with van der Waals surface area (Å²) < 4.78 is 5.14. The summed E-state index contributed by atoms with van der Waals surface area (Å²) in [6.45, 7) is 5.66. The number of ether oxygens (including phenoxy) is 1. The van der Waals surface area contributed by atoms with Crippen molar-refractivity contribution in [3.05, 3.63) is 64.7 Å². The number of hydrogen-bond donors (Lipinski definition) is 3. The average Bonchev–Trinajstić information content (AvgIpc) is 3.16. The molecular weight excluding hydrogens is 512 g/mol. The molecule has 1 fully saturated rings. The van der Waals surface area contributed by atoms with Crippen LogP contribution in [0.1, 0.15) is 95.9 Å². The van der Waals surface area contributed by atoms with Crippen molar-refractivity contribution < 1.29 is 28.7 Å². The number of anilines is 1. The molecule has 5 amide bonds. The van der Waals surface area contributed by atoms with E-state index in [1.54, 1.807) is 51.1 Å². The minimum absolute atomic E-state index is 0.0807. The number of carbonyl (C=O) groups excluding carboxylic acids is 5. The lowest BCUT2D eigenvalue weighted by Gasteiger charge is -2.29. The molecule has 1 aliphatic carbocycles. The zero-order chi connectivity index (χ0) is 28.9. The number of hydrogen-bond acceptors (Lipinski definition) is 6. The minimum atomic E-state index is -0.612. The van der Waals surface area contributed by atoms with Crippen LogP contribution >= 0.6 is 0 Å². The largest absolute Gasteiger partial charge is 0.444 e. The van der Waals surface area contributed by atoms with E-state index in [0.717, 1.165) is 37.7 Å². The number of imide groups is 1. The van der Waals surface area contributed by atoms with Crippen LogP contribution in [0, 0.1) is 0 Å². The van der Waals surface area contributed by atoms with Gasteiger partial charge in [0.25, 0.3) is 17.7 Å². The number of nitrogens with one attached hydrogen (secondary N) is 3. The van der Waals surface area contributed by atoms with Crippen LogP contribution in [0.5, 0.6) is 0 Å². The van der Waals surface area contributed by atoms with E-state index in [1.165, 1.54) is 11.0 Å². The molecule has 3 N–H and O–H groups in total. The zero-order valence-corrected chi connectivity index (χ0v) is 23.2. The van der Waals surface area contributed by atoms with Crippen LogP contribution in [-0.4, -0.2) is 52.8 Å². The van der Waals surface area contributed by atoms with Crippen molar-refractivity contribution in [1.29, 1.82) is 0 Å². The van der Waals surface area contributed by atoms with E-state index >= 15 is 0 Å². The third-order valence-corrected chi connectivity index (χ3v) is 6.81. The lowest BCUT2D eigenvalue weighted by atomic mass is 9.94. The second-order valence-electron chi connectivity index (χ2n) is 11.1. The fourth-order valence-electron chi connectivity index (χ4n) is 4.92. The highest BCUT2D eigenvalue weighted by atomic mass is 16.6. The van der Waals surface area contributed by atoms with Crippen molar-refractivity contribution in [2.24, 2.45) is 0 Å². The van der Waals surface area contributed by atoms with Crippen LogP contribution in [0.2, 0.25) is 0 Å². The van der Waals surface area contributed by atoms with Crippen molar-refractivity contribution in [2.75, 3.05) is 11.9 Å². The molecule has 2 aromatic carbocycles. The summed E-state index contributed by atoms with van der Waals surface area (Å²) in [4.78, 5) is 64.2. The Morgan fingerprint density at radius 3 is 2.38 bits per heavy atom. The Bertz CT molecular complexity index is 1310. The third kappa shape index (κ3) is 7.25. The highest BCUT2D eigenvalue weighted by molar-refractivity contribution is 6.22. The summed E-state index contributed by atoms with van der Waals surface area (Å²) in [6.07, 6.45) is 4.26. The Morgan fingerprint density at radius 2 is 1.65 bits per heavy atom. The maximum Gasteiger partial charge on any atom is 0.407 e. The number of amides is 5. The Labute approximate surface area is 233 Å². The summed E-state index contributed by atoms with van der Waals surface area (Å²) >= 11 is 0. The van der Waals surface area contributed by atoms with Gasteiger partial charge in [-0.15, -0.1) is 0 Å². The molecule has 4 rings (SSSR count). The van der Waals surface area contributed by atoms with Crippen molar-refractivity contribution in [3.63, 3.8) is 0 Å². The first-order chi connectivity index (χ1) is 19.0. The normalized spacial score (nSPS) is 15.4. The smallest absolute Gasteiger partial charge is 0.407 e. The van der Waals surface area contributed by atoms with Gasteiger partial charge in [-0.25, -0.2) is 4.79 Å². The number of carbonyl (C=O) groups is 5. The summed E-state index contributed by atoms with van der Waals surface area (Å²) in [5.74, 6) is -1.27. The van der Waals surface area contributed by atoms with Crippen molar-refractivity contribution in [1.82, 2.24) is 15.5 Å². The van der Waals surface area contributed by atoms with Crippen LogP contribution in [-0.2, 0) is 16.1 Å². The lowest BCUT2D eigenvalue weighted by molar-refractivity contribution is -0.121. The quantitative estimate of drug-likeness (QED) is 0.419. The molecule has 10 heteroatoms. The molecule has 1 saturated carbocycles. The molecule has 0 bridgehead atoms. The zero-order valence-electron chi connectivity index (χ0n) is 23.2. The molecule has 1 aliphatic heterocycles. The molecule has 2 aliphatic rings. The van der Waals surface area contributed by atoms with Gasteiger partial charge >= 0.3 is 6.09 Å². The van der Waals surface area contributed by atoms with Gasteiger partial charge in [0.2, 0.25) is 5.91 Å². The number of fused-ring (bicyclic) bond motifs is 1. The Kier molecular flexibility index (Phi) is 8.86. The molecule has 212 valence electrons. The Hall–Kier alpha value is -4.21. The second kappa shape index (κ2) is 12.3. The van der Waals surface area contributed by atoms with Gasteiger partial charge in [-0.1, -0.05) is 31.4 Å². The van der Waals surface area contributed by atoms with E-state index in [1.807, 2.05) is 6.07 Å². The number of rotatable bonds is 8. The summed E-state index contributed by atoms with van der Waals surface area (Å²) in [5.41, 5.74) is 1.56. The molecule has 0 radical (unpaired) electrons. The molecule has 0 spiro atoms. The van der Waals surface area contributed by atoms with Crippen molar-refractivity contribution in [2.45, 2.75) is 77.5 Å². The molecule has 40 heavy (non-hydrogen) atoms. The first-order valence-corrected chi connectivity index (χ1v) is 13.7. The number of benzene rings is 2. The summed E-state index contributed by atoms with van der Waals surface area (Å²) in [7, 11) is 0. The molecule has 10 nitrogen and oxygen atoms in total. The topological polar surface area (TPSA) is 134 Å². The third-order valence-electron chi connectivity index (χ3n) is 6.81. The number of nitrogens with zero attached hydrogens (tertiary/aromatic N) is 1. The first kappa shape index (κ1) is 28.8. The van der Waals surface area contributed by atoms with Gasteiger partial charge < -0.3 is 20.7 Å². The van der Waals surface area contributed by atoms with Gasteiger partial charge in [-0.2, -0.15) is 0 Å². The Morgan fingerprint density at radius 1 is 0.925 bits per heavy atom. The minimum Gasteiger partial charge on any atom is -0.444 e. The van der Waals surface area contributed by atoms with Crippen LogP contribution in [0.15, 0.2) is 42.5 Å². The summed E-state index contributed by atoms with van der Waals surface area (Å²) in [6, 6.07) is 11.6. The van der Waals surface area contributed by atoms with Crippen molar-refractivity contribution >= 4 is 35.4 Å². The fourth-order valence-corrected chi connectivity index (χ4v) is 4.92. The Balaban J connectivity index is 1.30. The van der Waals surface area contributed by atoms with Gasteiger partial charge in [0.15, 0.2) is 0 Å². The van der Waals surface area contributed by atoms with Crippen LogP contribution < -0.4 is 16.0 Å². The standard InChI is InChI=1S/C30H36N4O6/c1-30(2,3)40-29(39)31-15-14-25(35)32-18-19-8-7-9-21(16-19)33-26(36)20-12-13-23-24(17-20)28(38)34(27(23)37)22-10-5-4-6-11-22/h7-9,12-13,16-17,22H,4-6,10-11,14-15,18H2,1-3H3,(H,31,39)(H,32,35)(H,33,36). The van der Waals surface area contributed by atoms with Crippen LogP contribution in [0.3, 0.4) is 0 Å². The van der Waals surface area contributed by atoms with Gasteiger partial charge in [-0.3, -0.25) is 24.1 Å². The van der Waals surface area contributed by atoms with Crippen molar-refractivity contribution in [3.8, 4) is 0 Å². The fraction of sp³-hybridized carbons (Fsp3) is 0.433. The van der Waals surface area contributed by atoms with Crippen LogP contribution in [0.25, 0.3) is 0 Å². The van der Waals surface area contributed by atoms with E-state index < -0.39 is 17.6 Å². The first-order valence-electron chi connectivity index (χ1n) is 13.7. The monoisotopic (exact) mass is 548 g/mol. The van der Waals surface area contributed by atoms with Crippen LogP contribution in [0.4, 0.5) is 10.5 Å². The number of alkyl carbamates (subject to hydrolysis) is 1. The van der Waals surface area contributed by atoms with Gasteiger partial charge in [0.05, 0.1) is 11.1 Å². The van der Waals surface area contributed by atoms with Gasteiger partial charge in [0.1, 0.15) is 5.60 Å². The molecule has 0 unspecified atom stereocenters. The molecular formula is C30H36N4O6. The highest BCUT2D eigenvalue weighted by Crippen LogP contribution is 2.31. The second-order valence-corrected chi connectivity index (χ2v) is 11.1. The average molecular weight is 549 g/mol. The van der Waals surface area contributed by atoms with E-state index in [0.29, 0.717) is 11.3 Å². The highest BCUT2D eigenvalue weighted by Gasteiger charge is 2.40. The molecule has 2 aromatic rings. The molecule has 0 aromatic heterocycles. The van der Waals surface area contributed by atoms with E-state index in [2.05, 4.69) is 16.0 Å². The molecule has 0 saturated heterocycles. The van der Waals surface area contributed by atoms with E-state index in [4.69, 9.17) is 4.74 Å². The SMILES string of the molecule is CC(C)(C)OC(=O)NCCC(=O)NCc1cccc(NC(=O)c2ccc3c(c2)C(=O)N(C2CCCCC2)C3=O)c1. The molecule has 1 heterocycles. The van der Waals surface area contributed by atoms with E-state index in [9.17, 15) is 24.0 Å². The maximum absolute atomic E-state index is 13.1. The van der Waals surface area contributed by atoms with Gasteiger partial charge in [-0.05, 0) is 69.5 Å². The molecule has 0 atom stereocenters. The predicted molar refractivity (Wildman–Crippen MR) is 149 cm³/mol. The predicted octanol–water partition coefficient (Wildman–Crippen LogP) is 4.40. The van der Waals surface area contributed by atoms with E-state index in [-0.39, 0.29) is 54.4 Å². The summed E-state index contributed by atoms with van der Waals surface area (Å²) in [5, 5.41) is 8.15. The lowest BCUT2D eigenvalue weighted by Crippen LogP contribution is -2.40. The van der Waals surface area contributed by atoms with Gasteiger partial charge in [0, 0.05) is 36.8 Å². The maximum atomic E-state index is 13.1.